The third-order valence-electron chi connectivity index (χ3n) is 2.60. The molecule has 0 amide bonds. The van der Waals surface area contributed by atoms with E-state index in [-0.39, 0.29) is 18.5 Å². The lowest BCUT2D eigenvalue weighted by molar-refractivity contribution is -0.131. The van der Waals surface area contributed by atoms with Gasteiger partial charge in [-0.2, -0.15) is 0 Å². The van der Waals surface area contributed by atoms with E-state index in [2.05, 4.69) is 10.6 Å². The summed E-state index contributed by atoms with van der Waals surface area (Å²) in [5, 5.41) is 14.9. The number of carbonyl (C=O) groups excluding carboxylic acids is 1. The average Bonchev–Trinajstić information content (AvgIpc) is 2.34. The number of Topliss-reactive ketones (excluding diaryl/α,β-unsaturated/α-hetero) is 1. The molecule has 1 rings (SSSR count). The van der Waals surface area contributed by atoms with Crippen LogP contribution < -0.4 is 10.6 Å². The highest BCUT2D eigenvalue weighted by atomic mass is 16.5. The van der Waals surface area contributed by atoms with Gasteiger partial charge in [-0.3, -0.25) is 4.79 Å². The van der Waals surface area contributed by atoms with Crippen molar-refractivity contribution in [2.45, 2.75) is 25.4 Å². The first-order valence-electron chi connectivity index (χ1n) is 6.01. The minimum atomic E-state index is -0.256. The monoisotopic (exact) mass is 230 g/mol. The van der Waals surface area contributed by atoms with Crippen LogP contribution >= 0.6 is 0 Å². The Morgan fingerprint density at radius 1 is 1.44 bits per heavy atom. The molecule has 1 atom stereocenters. The molecule has 3 N–H and O–H groups in total. The zero-order valence-electron chi connectivity index (χ0n) is 9.71. The Balaban J connectivity index is 1.97. The summed E-state index contributed by atoms with van der Waals surface area (Å²) in [5.74, 6) is 0.168. The Morgan fingerprint density at radius 2 is 2.31 bits per heavy atom. The van der Waals surface area contributed by atoms with Crippen molar-refractivity contribution < 1.29 is 14.6 Å². The fourth-order valence-corrected chi connectivity index (χ4v) is 1.63. The number of ketones is 1. The van der Waals surface area contributed by atoms with E-state index in [4.69, 9.17) is 9.84 Å². The molecule has 1 heterocycles. The molecule has 0 bridgehead atoms. The highest BCUT2D eigenvalue weighted by Gasteiger charge is 2.20. The van der Waals surface area contributed by atoms with Crippen molar-refractivity contribution in [1.82, 2.24) is 10.6 Å². The lowest BCUT2D eigenvalue weighted by atomic mass is 10.1. The summed E-state index contributed by atoms with van der Waals surface area (Å²) in [6, 6.07) is 0. The standard InChI is InChI=1S/C11H22N2O3/c14-7-2-1-4-12-5-3-10(15)11-9-13-6-8-16-11/h11-14H,1-9H2. The van der Waals surface area contributed by atoms with Gasteiger partial charge in [0.1, 0.15) is 6.10 Å². The van der Waals surface area contributed by atoms with Crippen molar-refractivity contribution >= 4 is 5.78 Å². The molecule has 0 aromatic rings. The summed E-state index contributed by atoms with van der Waals surface area (Å²) in [6.07, 6.45) is 2.03. The summed E-state index contributed by atoms with van der Waals surface area (Å²) in [7, 11) is 0. The molecule has 0 radical (unpaired) electrons. The quantitative estimate of drug-likeness (QED) is 0.481. The minimum Gasteiger partial charge on any atom is -0.396 e. The van der Waals surface area contributed by atoms with E-state index >= 15 is 0 Å². The number of aliphatic hydroxyl groups excluding tert-OH is 1. The second-order valence-corrected chi connectivity index (χ2v) is 3.96. The molecule has 0 spiro atoms. The summed E-state index contributed by atoms with van der Waals surface area (Å²) >= 11 is 0. The van der Waals surface area contributed by atoms with Crippen LogP contribution in [0, 0.1) is 0 Å². The smallest absolute Gasteiger partial charge is 0.164 e. The number of unbranched alkanes of at least 4 members (excludes halogenated alkanes) is 1. The van der Waals surface area contributed by atoms with Gasteiger partial charge in [0.2, 0.25) is 0 Å². The summed E-state index contributed by atoms with van der Waals surface area (Å²) in [5.41, 5.74) is 0. The maximum absolute atomic E-state index is 11.6. The van der Waals surface area contributed by atoms with Gasteiger partial charge in [-0.15, -0.1) is 0 Å². The van der Waals surface area contributed by atoms with Crippen LogP contribution in [0.25, 0.3) is 0 Å². The van der Waals surface area contributed by atoms with Crippen LogP contribution in [0.4, 0.5) is 0 Å². The predicted octanol–water partition coefficient (Wildman–Crippen LogP) is -0.704. The molecule has 1 unspecified atom stereocenters. The Morgan fingerprint density at radius 3 is 3.00 bits per heavy atom. The minimum absolute atomic E-state index is 0.168. The third kappa shape index (κ3) is 5.55. The number of ether oxygens (including phenoxy) is 1. The lowest BCUT2D eigenvalue weighted by Crippen LogP contribution is -2.43. The number of nitrogens with one attached hydrogen (secondary N) is 2. The molecule has 5 heteroatoms. The fourth-order valence-electron chi connectivity index (χ4n) is 1.63. The molecule has 1 saturated heterocycles. The Bertz CT molecular complexity index is 194. The highest BCUT2D eigenvalue weighted by molar-refractivity contribution is 5.83. The van der Waals surface area contributed by atoms with E-state index in [9.17, 15) is 4.79 Å². The Kier molecular flexibility index (Phi) is 7.33. The number of hydrogen-bond donors (Lipinski definition) is 3. The van der Waals surface area contributed by atoms with Gasteiger partial charge < -0.3 is 20.5 Å². The molecule has 1 fully saturated rings. The van der Waals surface area contributed by atoms with Gasteiger partial charge in [0.25, 0.3) is 0 Å². The summed E-state index contributed by atoms with van der Waals surface area (Å²) < 4.78 is 5.36. The van der Waals surface area contributed by atoms with Gasteiger partial charge in [-0.25, -0.2) is 0 Å². The summed E-state index contributed by atoms with van der Waals surface area (Å²) in [6.45, 7) is 3.90. The molecule has 1 aliphatic rings. The number of aliphatic hydroxyl groups is 1. The predicted molar refractivity (Wildman–Crippen MR) is 61.4 cm³/mol. The van der Waals surface area contributed by atoms with Gasteiger partial charge in [-0.05, 0) is 19.4 Å². The van der Waals surface area contributed by atoms with E-state index < -0.39 is 0 Å². The average molecular weight is 230 g/mol. The molecule has 5 nitrogen and oxygen atoms in total. The van der Waals surface area contributed by atoms with Crippen molar-refractivity contribution in [1.29, 1.82) is 0 Å². The van der Waals surface area contributed by atoms with E-state index in [1.54, 1.807) is 0 Å². The summed E-state index contributed by atoms with van der Waals surface area (Å²) in [4.78, 5) is 11.6. The van der Waals surface area contributed by atoms with Crippen LogP contribution in [0.5, 0.6) is 0 Å². The Labute approximate surface area is 96.6 Å². The van der Waals surface area contributed by atoms with Crippen LogP contribution in [-0.4, -0.2) is 56.4 Å². The second-order valence-electron chi connectivity index (χ2n) is 3.96. The normalized spacial score (nSPS) is 20.9. The van der Waals surface area contributed by atoms with Crippen molar-refractivity contribution in [3.63, 3.8) is 0 Å². The number of hydrogen-bond acceptors (Lipinski definition) is 5. The Hall–Kier alpha value is -0.490. The second kappa shape index (κ2) is 8.64. The van der Waals surface area contributed by atoms with Crippen molar-refractivity contribution in [3.8, 4) is 0 Å². The highest BCUT2D eigenvalue weighted by Crippen LogP contribution is 2.00. The molecule has 0 saturated carbocycles. The van der Waals surface area contributed by atoms with Crippen molar-refractivity contribution in [3.05, 3.63) is 0 Å². The largest absolute Gasteiger partial charge is 0.396 e. The molecule has 94 valence electrons. The van der Waals surface area contributed by atoms with Crippen LogP contribution in [0.3, 0.4) is 0 Å². The van der Waals surface area contributed by atoms with Gasteiger partial charge >= 0.3 is 0 Å². The van der Waals surface area contributed by atoms with Crippen molar-refractivity contribution in [2.75, 3.05) is 39.4 Å². The van der Waals surface area contributed by atoms with Crippen LogP contribution in [0.2, 0.25) is 0 Å². The zero-order chi connectivity index (χ0) is 11.6. The lowest BCUT2D eigenvalue weighted by Gasteiger charge is -2.22. The first-order chi connectivity index (χ1) is 7.84. The van der Waals surface area contributed by atoms with Crippen LogP contribution in [0.15, 0.2) is 0 Å². The van der Waals surface area contributed by atoms with E-state index in [0.717, 1.165) is 25.9 Å². The van der Waals surface area contributed by atoms with E-state index in [0.29, 0.717) is 26.1 Å². The molecule has 0 aromatic heterocycles. The van der Waals surface area contributed by atoms with Gasteiger partial charge in [-0.1, -0.05) is 0 Å². The maximum Gasteiger partial charge on any atom is 0.164 e. The number of rotatable bonds is 8. The van der Waals surface area contributed by atoms with Gasteiger partial charge in [0, 0.05) is 32.7 Å². The SMILES string of the molecule is O=C(CCNCCCCO)C1CNCCO1. The van der Waals surface area contributed by atoms with Crippen molar-refractivity contribution in [2.24, 2.45) is 0 Å². The third-order valence-corrected chi connectivity index (χ3v) is 2.60. The topological polar surface area (TPSA) is 70.6 Å². The molecular formula is C11H22N2O3. The van der Waals surface area contributed by atoms with Crippen LogP contribution in [0.1, 0.15) is 19.3 Å². The molecule has 0 aliphatic carbocycles. The van der Waals surface area contributed by atoms with Gasteiger partial charge in [0.05, 0.1) is 6.61 Å². The first-order valence-corrected chi connectivity index (χ1v) is 6.01. The van der Waals surface area contributed by atoms with E-state index in [1.807, 2.05) is 0 Å². The molecule has 16 heavy (non-hydrogen) atoms. The van der Waals surface area contributed by atoms with E-state index in [1.165, 1.54) is 0 Å². The molecule has 1 aliphatic heterocycles. The van der Waals surface area contributed by atoms with Crippen LogP contribution in [-0.2, 0) is 9.53 Å². The molecular weight excluding hydrogens is 208 g/mol. The maximum atomic E-state index is 11.6. The van der Waals surface area contributed by atoms with Gasteiger partial charge in [0.15, 0.2) is 5.78 Å². The number of carbonyl (C=O) groups is 1. The fraction of sp³-hybridized carbons (Fsp3) is 0.909. The number of morpholine rings is 1. The zero-order valence-corrected chi connectivity index (χ0v) is 9.71. The molecule has 0 aromatic carbocycles. The first kappa shape index (κ1) is 13.6.